The molecule has 2 rings (SSSR count). The van der Waals surface area contributed by atoms with Crippen molar-refractivity contribution in [3.05, 3.63) is 11.5 Å². The summed E-state index contributed by atoms with van der Waals surface area (Å²) in [5.41, 5.74) is 5.88. The van der Waals surface area contributed by atoms with Crippen LogP contribution in [0.1, 0.15) is 18.0 Å². The smallest absolute Gasteiger partial charge is 0.188 e. The normalized spacial score (nSPS) is 26.4. The van der Waals surface area contributed by atoms with Crippen LogP contribution in [0.4, 0.5) is 10.2 Å². The molecular weight excluding hydrogens is 173 g/mol. The molecule has 0 aliphatic heterocycles. The molecule has 0 bridgehead atoms. The quantitative estimate of drug-likeness (QED) is 0.735. The zero-order valence-electron chi connectivity index (χ0n) is 7.62. The Morgan fingerprint density at radius 2 is 2.38 bits per heavy atom. The van der Waals surface area contributed by atoms with Gasteiger partial charge in [0.1, 0.15) is 5.69 Å². The highest BCUT2D eigenvalue weighted by molar-refractivity contribution is 5.37. The maximum absolute atomic E-state index is 13.4. The van der Waals surface area contributed by atoms with E-state index >= 15 is 0 Å². The van der Waals surface area contributed by atoms with Crippen molar-refractivity contribution in [1.29, 1.82) is 0 Å². The Morgan fingerprint density at radius 3 is 2.77 bits per heavy atom. The highest BCUT2D eigenvalue weighted by Gasteiger charge is 2.43. The van der Waals surface area contributed by atoms with Gasteiger partial charge >= 0.3 is 0 Å². The number of halogens is 1. The SMILES string of the molecule is COC1CC1c1nn(C)c(N)c1F. The van der Waals surface area contributed by atoms with E-state index in [2.05, 4.69) is 5.10 Å². The molecule has 0 amide bonds. The minimum Gasteiger partial charge on any atom is -0.381 e. The molecule has 5 heteroatoms. The van der Waals surface area contributed by atoms with Crippen molar-refractivity contribution in [3.63, 3.8) is 0 Å². The molecule has 1 aliphatic carbocycles. The van der Waals surface area contributed by atoms with E-state index in [1.165, 1.54) is 4.68 Å². The first-order chi connectivity index (χ1) is 6.15. The largest absolute Gasteiger partial charge is 0.381 e. The van der Waals surface area contributed by atoms with Crippen molar-refractivity contribution in [2.45, 2.75) is 18.4 Å². The molecule has 1 aliphatic rings. The van der Waals surface area contributed by atoms with Gasteiger partial charge in [0.25, 0.3) is 0 Å². The topological polar surface area (TPSA) is 53.1 Å². The van der Waals surface area contributed by atoms with E-state index < -0.39 is 5.82 Å². The Labute approximate surface area is 75.5 Å². The van der Waals surface area contributed by atoms with Gasteiger partial charge in [0.2, 0.25) is 0 Å². The van der Waals surface area contributed by atoms with Crippen LogP contribution < -0.4 is 5.73 Å². The number of aromatic nitrogens is 2. The highest BCUT2D eigenvalue weighted by atomic mass is 19.1. The van der Waals surface area contributed by atoms with E-state index in [1.807, 2.05) is 0 Å². The van der Waals surface area contributed by atoms with E-state index in [1.54, 1.807) is 14.2 Å². The van der Waals surface area contributed by atoms with Crippen LogP contribution in [-0.4, -0.2) is 23.0 Å². The summed E-state index contributed by atoms with van der Waals surface area (Å²) in [5.74, 6) is -0.211. The van der Waals surface area contributed by atoms with Gasteiger partial charge in [-0.25, -0.2) is 4.39 Å². The summed E-state index contributed by atoms with van der Waals surface area (Å²) in [7, 11) is 3.25. The third-order valence-electron chi connectivity index (χ3n) is 2.44. The maximum atomic E-state index is 13.4. The number of ether oxygens (including phenoxy) is 1. The molecule has 4 nitrogen and oxygen atoms in total. The van der Waals surface area contributed by atoms with Gasteiger partial charge in [-0.15, -0.1) is 0 Å². The zero-order chi connectivity index (χ0) is 9.59. The lowest BCUT2D eigenvalue weighted by Gasteiger charge is -1.92. The Balaban J connectivity index is 2.27. The zero-order valence-corrected chi connectivity index (χ0v) is 7.62. The summed E-state index contributed by atoms with van der Waals surface area (Å²) in [6.45, 7) is 0. The minimum atomic E-state index is -0.396. The van der Waals surface area contributed by atoms with Crippen molar-refractivity contribution < 1.29 is 9.13 Å². The summed E-state index contributed by atoms with van der Waals surface area (Å²) in [5, 5.41) is 4.01. The molecule has 1 saturated carbocycles. The molecule has 1 aromatic rings. The number of nitrogens with two attached hydrogens (primary N) is 1. The summed E-state index contributed by atoms with van der Waals surface area (Å²) in [4.78, 5) is 0. The lowest BCUT2D eigenvalue weighted by atomic mass is 10.3. The second-order valence-electron chi connectivity index (χ2n) is 3.32. The molecule has 0 saturated heterocycles. The fraction of sp³-hybridized carbons (Fsp3) is 0.625. The summed E-state index contributed by atoms with van der Waals surface area (Å²) >= 11 is 0. The molecule has 1 fully saturated rings. The minimum absolute atomic E-state index is 0.0912. The summed E-state index contributed by atoms with van der Waals surface area (Å²) < 4.78 is 19.8. The van der Waals surface area contributed by atoms with Crippen LogP contribution in [0.15, 0.2) is 0 Å². The third kappa shape index (κ3) is 1.19. The predicted octanol–water partition coefficient (Wildman–Crippen LogP) is 0.644. The van der Waals surface area contributed by atoms with Gasteiger partial charge in [-0.2, -0.15) is 5.10 Å². The number of anilines is 1. The Kier molecular flexibility index (Phi) is 1.76. The van der Waals surface area contributed by atoms with Crippen molar-refractivity contribution in [2.75, 3.05) is 12.8 Å². The molecular formula is C8H12FN3O. The maximum Gasteiger partial charge on any atom is 0.188 e. The van der Waals surface area contributed by atoms with Crippen LogP contribution >= 0.6 is 0 Å². The van der Waals surface area contributed by atoms with Crippen molar-refractivity contribution in [1.82, 2.24) is 9.78 Å². The number of methoxy groups -OCH3 is 1. The van der Waals surface area contributed by atoms with Crippen molar-refractivity contribution in [2.24, 2.45) is 7.05 Å². The summed E-state index contributed by atoms with van der Waals surface area (Å²) in [6, 6.07) is 0. The van der Waals surface area contributed by atoms with Gasteiger partial charge in [0, 0.05) is 20.1 Å². The lowest BCUT2D eigenvalue weighted by molar-refractivity contribution is 0.177. The first-order valence-corrected chi connectivity index (χ1v) is 4.15. The van der Waals surface area contributed by atoms with E-state index in [0.717, 1.165) is 6.42 Å². The third-order valence-corrected chi connectivity index (χ3v) is 2.44. The van der Waals surface area contributed by atoms with Crippen LogP contribution in [0.5, 0.6) is 0 Å². The first-order valence-electron chi connectivity index (χ1n) is 4.15. The second kappa shape index (κ2) is 2.70. The van der Waals surface area contributed by atoms with Gasteiger partial charge in [0.05, 0.1) is 6.10 Å². The van der Waals surface area contributed by atoms with Crippen LogP contribution in [0, 0.1) is 5.82 Å². The van der Waals surface area contributed by atoms with E-state index in [0.29, 0.717) is 5.69 Å². The Morgan fingerprint density at radius 1 is 1.69 bits per heavy atom. The standard InChI is InChI=1S/C8H12FN3O/c1-12-8(10)6(9)7(11-12)4-3-5(4)13-2/h4-5H,3,10H2,1-2H3. The second-order valence-corrected chi connectivity index (χ2v) is 3.32. The average Bonchev–Trinajstić information content (AvgIpc) is 2.85. The van der Waals surface area contributed by atoms with Gasteiger partial charge in [-0.1, -0.05) is 0 Å². The van der Waals surface area contributed by atoms with Gasteiger partial charge < -0.3 is 10.5 Å². The molecule has 2 unspecified atom stereocenters. The predicted molar refractivity (Wildman–Crippen MR) is 45.7 cm³/mol. The number of nitrogen functional groups attached to an aromatic ring is 1. The lowest BCUT2D eigenvalue weighted by Crippen LogP contribution is -1.98. The van der Waals surface area contributed by atoms with Crippen LogP contribution in [0.3, 0.4) is 0 Å². The number of rotatable bonds is 2. The summed E-state index contributed by atoms with van der Waals surface area (Å²) in [6.07, 6.45) is 0.952. The fourth-order valence-corrected chi connectivity index (χ4v) is 1.49. The fourth-order valence-electron chi connectivity index (χ4n) is 1.49. The van der Waals surface area contributed by atoms with E-state index in [-0.39, 0.29) is 17.8 Å². The van der Waals surface area contributed by atoms with Gasteiger partial charge in [0.15, 0.2) is 11.6 Å². The molecule has 2 atom stereocenters. The van der Waals surface area contributed by atoms with Crippen LogP contribution in [-0.2, 0) is 11.8 Å². The monoisotopic (exact) mass is 185 g/mol. The average molecular weight is 185 g/mol. The van der Waals surface area contributed by atoms with Crippen molar-refractivity contribution >= 4 is 5.82 Å². The Hall–Kier alpha value is -1.10. The van der Waals surface area contributed by atoms with Crippen molar-refractivity contribution in [3.8, 4) is 0 Å². The molecule has 1 heterocycles. The molecule has 72 valence electrons. The van der Waals surface area contributed by atoms with E-state index in [9.17, 15) is 4.39 Å². The van der Waals surface area contributed by atoms with Gasteiger partial charge in [-0.05, 0) is 6.42 Å². The Bertz CT molecular complexity index is 336. The van der Waals surface area contributed by atoms with Crippen LogP contribution in [0.25, 0.3) is 0 Å². The molecule has 13 heavy (non-hydrogen) atoms. The van der Waals surface area contributed by atoms with Gasteiger partial charge in [-0.3, -0.25) is 4.68 Å². The molecule has 1 aromatic heterocycles. The number of aryl methyl sites for hydroxylation is 1. The van der Waals surface area contributed by atoms with E-state index in [4.69, 9.17) is 10.5 Å². The van der Waals surface area contributed by atoms with Crippen LogP contribution in [0.2, 0.25) is 0 Å². The molecule has 2 N–H and O–H groups in total. The number of nitrogens with zero attached hydrogens (tertiary/aromatic N) is 2. The molecule has 0 aromatic carbocycles. The highest BCUT2D eigenvalue weighted by Crippen LogP contribution is 2.43. The first kappa shape index (κ1) is 8.50. The number of hydrogen-bond acceptors (Lipinski definition) is 3. The number of hydrogen-bond donors (Lipinski definition) is 1. The molecule has 0 spiro atoms. The molecule has 0 radical (unpaired) electrons.